The molecule has 2 aromatic heterocycles. The molecule has 16 heavy (non-hydrogen) atoms. The predicted octanol–water partition coefficient (Wildman–Crippen LogP) is 2.09. The van der Waals surface area contributed by atoms with Gasteiger partial charge in [-0.1, -0.05) is 0 Å². The van der Waals surface area contributed by atoms with Crippen molar-refractivity contribution >= 4 is 17.1 Å². The first kappa shape index (κ1) is 10.8. The van der Waals surface area contributed by atoms with Gasteiger partial charge < -0.3 is 4.74 Å². The minimum atomic E-state index is -0.103. The number of hydrogen-bond acceptors (Lipinski definition) is 5. The number of aromatic nitrogens is 2. The Morgan fingerprint density at radius 3 is 2.62 bits per heavy atom. The van der Waals surface area contributed by atoms with E-state index < -0.39 is 0 Å². The molecule has 0 fully saturated rings. The lowest BCUT2D eigenvalue weighted by molar-refractivity contribution is 0.103. The van der Waals surface area contributed by atoms with Crippen molar-refractivity contribution in [2.75, 3.05) is 7.11 Å². The number of hydrogen-bond donors (Lipinski definition) is 0. The Bertz CT molecular complexity index is 505. The van der Waals surface area contributed by atoms with Crippen molar-refractivity contribution < 1.29 is 9.53 Å². The topological polar surface area (TPSA) is 52.1 Å². The Balaban J connectivity index is 2.31. The molecule has 0 spiro atoms. The zero-order chi connectivity index (χ0) is 11.5. The molecule has 0 atom stereocenters. The quantitative estimate of drug-likeness (QED) is 0.763. The van der Waals surface area contributed by atoms with E-state index in [1.165, 1.54) is 7.11 Å². The van der Waals surface area contributed by atoms with Crippen LogP contribution in [0, 0.1) is 6.92 Å². The van der Waals surface area contributed by atoms with Crippen LogP contribution in [0.15, 0.2) is 23.6 Å². The number of ketones is 1. The third-order valence-electron chi connectivity index (χ3n) is 2.19. The largest absolute Gasteiger partial charge is 0.480 e. The molecular formula is C11H10N2O2S. The summed E-state index contributed by atoms with van der Waals surface area (Å²) in [6.07, 6.45) is 0. The number of rotatable bonds is 3. The maximum Gasteiger partial charge on any atom is 0.233 e. The van der Waals surface area contributed by atoms with Crippen LogP contribution in [0.3, 0.4) is 0 Å². The second-order valence-electron chi connectivity index (χ2n) is 3.18. The highest BCUT2D eigenvalue weighted by Gasteiger charge is 2.14. The Morgan fingerprint density at radius 2 is 2.12 bits per heavy atom. The van der Waals surface area contributed by atoms with Crippen molar-refractivity contribution in [3.8, 4) is 5.88 Å². The molecule has 82 valence electrons. The summed E-state index contributed by atoms with van der Waals surface area (Å²) in [5, 5.41) is 9.48. The summed E-state index contributed by atoms with van der Waals surface area (Å²) in [5.74, 6) is 0.299. The van der Waals surface area contributed by atoms with E-state index in [0.29, 0.717) is 17.1 Å². The molecule has 2 heterocycles. The second-order valence-corrected chi connectivity index (χ2v) is 4.30. The van der Waals surface area contributed by atoms with Crippen LogP contribution in [-0.2, 0) is 0 Å². The van der Waals surface area contributed by atoms with E-state index >= 15 is 0 Å². The van der Waals surface area contributed by atoms with E-state index in [9.17, 15) is 4.79 Å². The van der Waals surface area contributed by atoms with Gasteiger partial charge in [0, 0.05) is 16.5 Å². The summed E-state index contributed by atoms with van der Waals surface area (Å²) in [7, 11) is 1.51. The standard InChI is InChI=1S/C11H10N2O2S/c1-7-8(5-6-16-7)11(14)9-3-4-10(15-2)13-12-9/h3-6H,1-2H3. The number of carbonyl (C=O) groups excluding carboxylic acids is 1. The fourth-order valence-electron chi connectivity index (χ4n) is 1.31. The third-order valence-corrected chi connectivity index (χ3v) is 3.03. The Morgan fingerprint density at radius 1 is 1.31 bits per heavy atom. The number of thiophene rings is 1. The smallest absolute Gasteiger partial charge is 0.233 e. The third kappa shape index (κ3) is 1.94. The van der Waals surface area contributed by atoms with E-state index in [4.69, 9.17) is 4.74 Å². The van der Waals surface area contributed by atoms with E-state index in [-0.39, 0.29) is 5.78 Å². The summed E-state index contributed by atoms with van der Waals surface area (Å²) in [4.78, 5) is 13.0. The van der Waals surface area contributed by atoms with Gasteiger partial charge in [-0.05, 0) is 24.4 Å². The summed E-state index contributed by atoms with van der Waals surface area (Å²) < 4.78 is 4.88. The highest BCUT2D eigenvalue weighted by molar-refractivity contribution is 7.10. The van der Waals surface area contributed by atoms with Crippen molar-refractivity contribution in [3.05, 3.63) is 39.7 Å². The maximum atomic E-state index is 12.0. The van der Waals surface area contributed by atoms with Crippen molar-refractivity contribution in [3.63, 3.8) is 0 Å². The van der Waals surface area contributed by atoms with Crippen LogP contribution in [0.5, 0.6) is 5.88 Å². The zero-order valence-corrected chi connectivity index (χ0v) is 9.75. The van der Waals surface area contributed by atoms with Crippen molar-refractivity contribution in [1.82, 2.24) is 10.2 Å². The molecular weight excluding hydrogens is 224 g/mol. The second kappa shape index (κ2) is 4.40. The number of carbonyl (C=O) groups is 1. The average Bonchev–Trinajstić information content (AvgIpc) is 2.75. The van der Waals surface area contributed by atoms with Gasteiger partial charge in [0.05, 0.1) is 7.11 Å². The van der Waals surface area contributed by atoms with E-state index in [0.717, 1.165) is 4.88 Å². The first-order chi connectivity index (χ1) is 7.72. The molecule has 0 radical (unpaired) electrons. The van der Waals surface area contributed by atoms with Crippen LogP contribution in [-0.4, -0.2) is 23.1 Å². The molecule has 0 amide bonds. The SMILES string of the molecule is COc1ccc(C(=O)c2ccsc2C)nn1. The number of methoxy groups -OCH3 is 1. The van der Waals surface area contributed by atoms with Gasteiger partial charge in [0.2, 0.25) is 11.7 Å². The minimum absolute atomic E-state index is 0.103. The summed E-state index contributed by atoms with van der Waals surface area (Å²) in [6.45, 7) is 1.91. The number of aryl methyl sites for hydroxylation is 1. The highest BCUT2D eigenvalue weighted by Crippen LogP contribution is 2.18. The molecule has 2 rings (SSSR count). The first-order valence-corrected chi connectivity index (χ1v) is 5.57. The van der Waals surface area contributed by atoms with Crippen LogP contribution in [0.1, 0.15) is 20.9 Å². The lowest BCUT2D eigenvalue weighted by Gasteiger charge is -2.00. The lowest BCUT2D eigenvalue weighted by Crippen LogP contribution is -2.05. The van der Waals surface area contributed by atoms with Crippen LogP contribution in [0.2, 0.25) is 0 Å². The molecule has 4 nitrogen and oxygen atoms in total. The van der Waals surface area contributed by atoms with Crippen LogP contribution < -0.4 is 4.74 Å². The minimum Gasteiger partial charge on any atom is -0.480 e. The zero-order valence-electron chi connectivity index (χ0n) is 8.93. The highest BCUT2D eigenvalue weighted by atomic mass is 32.1. The van der Waals surface area contributed by atoms with Gasteiger partial charge in [-0.3, -0.25) is 4.79 Å². The Hall–Kier alpha value is -1.75. The molecule has 0 aliphatic carbocycles. The molecule has 0 unspecified atom stereocenters. The van der Waals surface area contributed by atoms with Gasteiger partial charge in [-0.15, -0.1) is 21.5 Å². The lowest BCUT2D eigenvalue weighted by atomic mass is 10.1. The summed E-state index contributed by atoms with van der Waals surface area (Å²) in [6, 6.07) is 5.04. The molecule has 5 heteroatoms. The van der Waals surface area contributed by atoms with Gasteiger partial charge in [-0.25, -0.2) is 0 Å². The molecule has 0 N–H and O–H groups in total. The number of ether oxygens (including phenoxy) is 1. The van der Waals surface area contributed by atoms with Gasteiger partial charge >= 0.3 is 0 Å². The van der Waals surface area contributed by atoms with Crippen LogP contribution in [0.25, 0.3) is 0 Å². The molecule has 0 saturated heterocycles. The van der Waals surface area contributed by atoms with Crippen molar-refractivity contribution in [1.29, 1.82) is 0 Å². The first-order valence-electron chi connectivity index (χ1n) is 4.69. The molecule has 2 aromatic rings. The van der Waals surface area contributed by atoms with Gasteiger partial charge in [0.1, 0.15) is 5.69 Å². The van der Waals surface area contributed by atoms with Crippen LogP contribution in [0.4, 0.5) is 0 Å². The van der Waals surface area contributed by atoms with Crippen LogP contribution >= 0.6 is 11.3 Å². The molecule has 0 aliphatic heterocycles. The van der Waals surface area contributed by atoms with E-state index in [1.54, 1.807) is 29.5 Å². The Kier molecular flexibility index (Phi) is 2.96. The molecule has 0 saturated carbocycles. The number of nitrogens with zero attached hydrogens (tertiary/aromatic N) is 2. The maximum absolute atomic E-state index is 12.0. The summed E-state index contributed by atoms with van der Waals surface area (Å²) >= 11 is 1.54. The molecule has 0 bridgehead atoms. The van der Waals surface area contributed by atoms with E-state index in [1.807, 2.05) is 12.3 Å². The average molecular weight is 234 g/mol. The van der Waals surface area contributed by atoms with Gasteiger partial charge in [0.25, 0.3) is 0 Å². The van der Waals surface area contributed by atoms with E-state index in [2.05, 4.69) is 10.2 Å². The predicted molar refractivity (Wildman–Crippen MR) is 61.1 cm³/mol. The van der Waals surface area contributed by atoms with Gasteiger partial charge in [-0.2, -0.15) is 0 Å². The van der Waals surface area contributed by atoms with Gasteiger partial charge in [0.15, 0.2) is 0 Å². The fourth-order valence-corrected chi connectivity index (χ4v) is 2.00. The van der Waals surface area contributed by atoms with Crippen molar-refractivity contribution in [2.45, 2.75) is 6.92 Å². The fraction of sp³-hybridized carbons (Fsp3) is 0.182. The molecule has 0 aliphatic rings. The normalized spacial score (nSPS) is 10.1. The Labute approximate surface area is 96.9 Å². The molecule has 0 aromatic carbocycles. The monoisotopic (exact) mass is 234 g/mol. The van der Waals surface area contributed by atoms with Crippen molar-refractivity contribution in [2.24, 2.45) is 0 Å². The summed E-state index contributed by atoms with van der Waals surface area (Å²) in [5.41, 5.74) is 1.02.